The topological polar surface area (TPSA) is 115 Å². The largest absolute Gasteiger partial charge is 0.465 e. The number of ether oxygens (including phenoxy) is 1. The molecule has 9 aromatic rings. The van der Waals surface area contributed by atoms with Gasteiger partial charge in [0.1, 0.15) is 0 Å². The van der Waals surface area contributed by atoms with Gasteiger partial charge in [0.2, 0.25) is 0 Å². The van der Waals surface area contributed by atoms with E-state index in [1.165, 1.54) is 23.6 Å². The lowest BCUT2D eigenvalue weighted by Crippen LogP contribution is -2.11. The number of nitrogens with zero attached hydrogens (tertiary/aromatic N) is 2. The number of hydrogen-bond donors (Lipinski definition) is 4. The van der Waals surface area contributed by atoms with E-state index in [0.29, 0.717) is 5.56 Å². The van der Waals surface area contributed by atoms with Crippen LogP contribution in [0.4, 0.5) is 0 Å². The number of fused-ring (bicyclic) bond motifs is 10. The molecule has 7 heterocycles. The van der Waals surface area contributed by atoms with Crippen LogP contribution in [-0.2, 0) is 15.6 Å². The van der Waals surface area contributed by atoms with Gasteiger partial charge < -0.3 is 24.7 Å². The molecule has 0 atom stereocenters. The van der Waals surface area contributed by atoms with Crippen molar-refractivity contribution in [2.75, 3.05) is 7.11 Å². The van der Waals surface area contributed by atoms with Crippen LogP contribution in [0.15, 0.2) is 127 Å². The van der Waals surface area contributed by atoms with Gasteiger partial charge in [-0.2, -0.15) is 0 Å². The summed E-state index contributed by atoms with van der Waals surface area (Å²) < 4.78 is 4.94. The van der Waals surface area contributed by atoms with Gasteiger partial charge in [0.15, 0.2) is 0 Å². The van der Waals surface area contributed by atoms with E-state index in [-0.39, 0.29) is 16.8 Å². The first-order chi connectivity index (χ1) is 32.7. The number of hydrogen-bond acceptors (Lipinski definition) is 4. The SMILES string of the molecule is COC(=O)c1ccc(-c2c3nc(cc4ccc([nH]4)c(-c4ccc(C#Cc5cc(C(C)(C)C)cc6cc(-c7cc8cc(C(C)(C)C)ccc8[nH]7)[nH]c56)cc4)c4nc(cc5ccc2[nH]5)C=C4)C=C3)cc1. The van der Waals surface area contributed by atoms with E-state index in [1.54, 1.807) is 12.1 Å². The molecule has 0 saturated heterocycles. The molecule has 2 aliphatic rings. The summed E-state index contributed by atoms with van der Waals surface area (Å²) in [6.07, 6.45) is 8.17. The van der Waals surface area contributed by atoms with Crippen molar-refractivity contribution in [1.82, 2.24) is 29.9 Å². The van der Waals surface area contributed by atoms with Gasteiger partial charge in [-0.25, -0.2) is 14.8 Å². The van der Waals surface area contributed by atoms with E-state index in [9.17, 15) is 4.79 Å². The number of nitrogens with one attached hydrogen (secondary N) is 4. The van der Waals surface area contributed by atoms with Gasteiger partial charge in [0, 0.05) is 60.6 Å². The molecule has 0 saturated carbocycles. The van der Waals surface area contributed by atoms with Crippen molar-refractivity contribution in [2.24, 2.45) is 0 Å². The summed E-state index contributed by atoms with van der Waals surface area (Å²) in [7, 11) is 1.39. The number of carbonyl (C=O) groups is 1. The molecular formula is C60H50N6O2. The van der Waals surface area contributed by atoms with Crippen molar-refractivity contribution in [3.8, 4) is 45.5 Å². The summed E-state index contributed by atoms with van der Waals surface area (Å²) in [5.41, 5.74) is 19.9. The van der Waals surface area contributed by atoms with Crippen LogP contribution >= 0.6 is 0 Å². The standard InChI is InChI=1S/C60H50N6O2/c1-59(2,3)42-18-23-48-40(29-42)31-53(65-48)54-32-41-30-43(60(4,5)6)28-39(57(41)66-54)13-10-35-8-11-36(12-9-35)55-49-24-19-44(61-49)33-46-21-26-51(63-46)56(37-14-16-38(17-15-37)58(67)68-7)52-27-22-47(64-52)34-45-20-25-50(55)62-45/h8-9,11-12,14-34,61,64-66H,1-7H3. The maximum atomic E-state index is 12.2. The Balaban J connectivity index is 0.971. The third-order valence-electron chi connectivity index (χ3n) is 12.9. The van der Waals surface area contributed by atoms with Crippen molar-refractivity contribution in [3.63, 3.8) is 0 Å². The Morgan fingerprint density at radius 3 is 1.65 bits per heavy atom. The van der Waals surface area contributed by atoms with E-state index >= 15 is 0 Å². The van der Waals surface area contributed by atoms with Crippen LogP contribution in [-0.4, -0.2) is 43.0 Å². The molecule has 0 amide bonds. The van der Waals surface area contributed by atoms with Crippen LogP contribution in [0.1, 0.15) is 96.9 Å². The van der Waals surface area contributed by atoms with Crippen LogP contribution < -0.4 is 0 Å². The van der Waals surface area contributed by atoms with Gasteiger partial charge in [-0.3, -0.25) is 0 Å². The lowest BCUT2D eigenvalue weighted by atomic mass is 9.85. The Bertz CT molecular complexity index is 3810. The van der Waals surface area contributed by atoms with E-state index < -0.39 is 0 Å². The minimum absolute atomic E-state index is 0.0603. The van der Waals surface area contributed by atoms with E-state index in [4.69, 9.17) is 14.7 Å². The Labute approximate surface area is 394 Å². The van der Waals surface area contributed by atoms with Gasteiger partial charge >= 0.3 is 5.97 Å². The number of aromatic amines is 4. The van der Waals surface area contributed by atoms with E-state index in [2.05, 4.69) is 164 Å². The third-order valence-corrected chi connectivity index (χ3v) is 12.9. The Morgan fingerprint density at radius 1 is 0.515 bits per heavy atom. The van der Waals surface area contributed by atoms with Crippen LogP contribution in [0, 0.1) is 11.8 Å². The number of methoxy groups -OCH3 is 1. The zero-order valence-electron chi connectivity index (χ0n) is 39.1. The predicted octanol–water partition coefficient (Wildman–Crippen LogP) is 14.4. The van der Waals surface area contributed by atoms with Gasteiger partial charge in [-0.15, -0.1) is 0 Å². The predicted molar refractivity (Wildman–Crippen MR) is 280 cm³/mol. The second kappa shape index (κ2) is 16.2. The number of esters is 1. The van der Waals surface area contributed by atoms with Crippen molar-refractivity contribution in [3.05, 3.63) is 178 Å². The van der Waals surface area contributed by atoms with E-state index in [0.717, 1.165) is 106 Å². The summed E-state index contributed by atoms with van der Waals surface area (Å²) in [6.45, 7) is 13.5. The highest BCUT2D eigenvalue weighted by atomic mass is 16.5. The first kappa shape index (κ1) is 42.2. The number of carbonyl (C=O) groups excluding carboxylic acids is 1. The van der Waals surface area contributed by atoms with Gasteiger partial charge in [0.25, 0.3) is 0 Å². The molecular weight excluding hydrogens is 837 g/mol. The van der Waals surface area contributed by atoms with Crippen LogP contribution in [0.25, 0.3) is 102 Å². The normalized spacial score (nSPS) is 12.5. The average molecular weight is 887 g/mol. The summed E-state index contributed by atoms with van der Waals surface area (Å²) >= 11 is 0. The molecule has 332 valence electrons. The fraction of sp³-hybridized carbons (Fsp3) is 0.150. The fourth-order valence-corrected chi connectivity index (χ4v) is 9.10. The maximum Gasteiger partial charge on any atom is 0.337 e. The molecule has 8 nitrogen and oxygen atoms in total. The van der Waals surface area contributed by atoms with E-state index in [1.807, 2.05) is 48.6 Å². The second-order valence-corrected chi connectivity index (χ2v) is 19.8. The first-order valence-electron chi connectivity index (χ1n) is 22.9. The maximum absolute atomic E-state index is 12.2. The lowest BCUT2D eigenvalue weighted by molar-refractivity contribution is 0.0600. The minimum atomic E-state index is -0.378. The monoisotopic (exact) mass is 886 g/mol. The summed E-state index contributed by atoms with van der Waals surface area (Å²) in [4.78, 5) is 37.1. The highest BCUT2D eigenvalue weighted by molar-refractivity contribution is 5.96. The fourth-order valence-electron chi connectivity index (χ4n) is 9.10. The molecule has 68 heavy (non-hydrogen) atoms. The molecule has 4 aromatic carbocycles. The van der Waals surface area contributed by atoms with Crippen LogP contribution in [0.5, 0.6) is 0 Å². The minimum Gasteiger partial charge on any atom is -0.465 e. The third kappa shape index (κ3) is 8.03. The number of H-pyrrole nitrogens is 4. The van der Waals surface area contributed by atoms with Gasteiger partial charge in [0.05, 0.1) is 52.4 Å². The first-order valence-corrected chi connectivity index (χ1v) is 22.9. The zero-order valence-corrected chi connectivity index (χ0v) is 39.1. The molecule has 5 aromatic heterocycles. The molecule has 0 spiro atoms. The highest BCUT2D eigenvalue weighted by Gasteiger charge is 2.20. The van der Waals surface area contributed by atoms with Crippen molar-refractivity contribution in [2.45, 2.75) is 52.4 Å². The second-order valence-electron chi connectivity index (χ2n) is 19.8. The summed E-state index contributed by atoms with van der Waals surface area (Å²) in [5, 5.41) is 2.34. The molecule has 4 N–H and O–H groups in total. The highest BCUT2D eigenvalue weighted by Crippen LogP contribution is 2.36. The number of aromatic nitrogens is 6. The Hall–Kier alpha value is -8.41. The molecule has 8 bridgehead atoms. The van der Waals surface area contributed by atoms with Gasteiger partial charge in [-0.05, 0) is 154 Å². The van der Waals surface area contributed by atoms with Crippen LogP contribution in [0.3, 0.4) is 0 Å². The van der Waals surface area contributed by atoms with Crippen LogP contribution in [0.2, 0.25) is 0 Å². The number of benzene rings is 4. The lowest BCUT2D eigenvalue weighted by Gasteiger charge is -2.19. The Kier molecular flexibility index (Phi) is 10.1. The molecule has 2 aliphatic heterocycles. The Morgan fingerprint density at radius 2 is 1.06 bits per heavy atom. The summed E-state index contributed by atoms with van der Waals surface area (Å²) in [6, 6.07) is 43.9. The smallest absolute Gasteiger partial charge is 0.337 e. The zero-order chi connectivity index (χ0) is 46.9. The average Bonchev–Trinajstić information content (AvgIpc) is 4.19. The molecule has 8 heteroatoms. The van der Waals surface area contributed by atoms with Crippen molar-refractivity contribution >= 4 is 74.1 Å². The molecule has 11 rings (SSSR count). The molecule has 0 unspecified atom stereocenters. The summed E-state index contributed by atoms with van der Waals surface area (Å²) in [5.74, 6) is 6.70. The molecule has 0 aliphatic carbocycles. The van der Waals surface area contributed by atoms with Crippen molar-refractivity contribution < 1.29 is 9.53 Å². The molecule has 0 radical (unpaired) electrons. The van der Waals surface area contributed by atoms with Gasteiger partial charge in [-0.1, -0.05) is 83.7 Å². The quantitative estimate of drug-likeness (QED) is 0.104. The van der Waals surface area contributed by atoms with Crippen molar-refractivity contribution in [1.29, 1.82) is 0 Å². The number of rotatable bonds is 4. The molecule has 0 fully saturated rings.